The maximum Gasteiger partial charge on any atom is 0.0838 e. The highest BCUT2D eigenvalue weighted by Gasteiger charge is 2.33. The zero-order valence-corrected chi connectivity index (χ0v) is 6.55. The molecule has 0 amide bonds. The second-order valence-electron chi connectivity index (χ2n) is 3.51. The van der Waals surface area contributed by atoms with Gasteiger partial charge in [0, 0.05) is 0 Å². The number of nitrogens with zero attached hydrogens (tertiary/aromatic N) is 1. The summed E-state index contributed by atoms with van der Waals surface area (Å²) in [5, 5.41) is 0. The second-order valence-corrected chi connectivity index (χ2v) is 3.51. The van der Waals surface area contributed by atoms with Gasteiger partial charge in [-0.25, -0.2) is 0 Å². The molecule has 58 valence electrons. The van der Waals surface area contributed by atoms with Crippen LogP contribution in [0, 0.1) is 5.92 Å². The Labute approximate surface area is 62.2 Å². The Bertz CT molecular complexity index is 114. The smallest absolute Gasteiger partial charge is 0.0838 e. The van der Waals surface area contributed by atoms with Crippen molar-refractivity contribution in [1.29, 1.82) is 0 Å². The first-order valence-electron chi connectivity index (χ1n) is 4.16. The van der Waals surface area contributed by atoms with Crippen LogP contribution in [-0.4, -0.2) is 37.7 Å². The molecule has 0 radical (unpaired) electrons. The Kier molecular flexibility index (Phi) is 1.66. The summed E-state index contributed by atoms with van der Waals surface area (Å²) >= 11 is 0. The molecule has 0 bridgehead atoms. The van der Waals surface area contributed by atoms with Crippen LogP contribution in [0.1, 0.15) is 12.8 Å². The molecule has 0 saturated carbocycles. The van der Waals surface area contributed by atoms with Crippen molar-refractivity contribution in [2.75, 3.05) is 26.7 Å². The lowest BCUT2D eigenvalue weighted by Gasteiger charge is -2.27. The average molecular weight is 141 g/mol. The number of hydrogen-bond acceptors (Lipinski definition) is 2. The van der Waals surface area contributed by atoms with Crippen molar-refractivity contribution in [3.05, 3.63) is 0 Å². The molecular weight excluding hydrogens is 126 g/mol. The molecule has 1 atom stereocenters. The van der Waals surface area contributed by atoms with Gasteiger partial charge >= 0.3 is 0 Å². The second kappa shape index (κ2) is 2.51. The van der Waals surface area contributed by atoms with Crippen LogP contribution in [0.25, 0.3) is 0 Å². The van der Waals surface area contributed by atoms with E-state index >= 15 is 0 Å². The van der Waals surface area contributed by atoms with Crippen LogP contribution in [-0.2, 0) is 4.74 Å². The fraction of sp³-hybridized carbons (Fsp3) is 1.00. The lowest BCUT2D eigenvalue weighted by Crippen LogP contribution is -2.32. The van der Waals surface area contributed by atoms with E-state index in [2.05, 4.69) is 11.9 Å². The third-order valence-corrected chi connectivity index (χ3v) is 2.65. The molecule has 0 aromatic rings. The SMILES string of the molecule is CN1CCC([C@@H]2CO2)CC1. The summed E-state index contributed by atoms with van der Waals surface area (Å²) in [6.45, 7) is 3.57. The Morgan fingerprint density at radius 2 is 1.90 bits per heavy atom. The van der Waals surface area contributed by atoms with E-state index in [1.807, 2.05) is 0 Å². The third kappa shape index (κ3) is 1.32. The predicted octanol–water partition coefficient (Wildman–Crippen LogP) is 0.727. The molecule has 2 nitrogen and oxygen atoms in total. The van der Waals surface area contributed by atoms with E-state index in [4.69, 9.17) is 4.74 Å². The van der Waals surface area contributed by atoms with Crippen LogP contribution in [0.4, 0.5) is 0 Å². The molecule has 0 spiro atoms. The highest BCUT2D eigenvalue weighted by atomic mass is 16.6. The van der Waals surface area contributed by atoms with Gasteiger partial charge in [0.1, 0.15) is 0 Å². The van der Waals surface area contributed by atoms with Crippen molar-refractivity contribution in [2.45, 2.75) is 18.9 Å². The maximum atomic E-state index is 5.26. The molecule has 2 saturated heterocycles. The van der Waals surface area contributed by atoms with Crippen molar-refractivity contribution >= 4 is 0 Å². The Hall–Kier alpha value is -0.0800. The lowest BCUT2D eigenvalue weighted by atomic mass is 9.94. The Morgan fingerprint density at radius 3 is 2.40 bits per heavy atom. The number of rotatable bonds is 1. The number of epoxide rings is 1. The molecule has 10 heavy (non-hydrogen) atoms. The molecule has 0 aromatic heterocycles. The van der Waals surface area contributed by atoms with Crippen molar-refractivity contribution < 1.29 is 4.74 Å². The molecule has 2 rings (SSSR count). The third-order valence-electron chi connectivity index (χ3n) is 2.65. The molecule has 0 unspecified atom stereocenters. The van der Waals surface area contributed by atoms with Crippen molar-refractivity contribution in [2.24, 2.45) is 5.92 Å². The minimum atomic E-state index is 0.647. The Morgan fingerprint density at radius 1 is 1.30 bits per heavy atom. The van der Waals surface area contributed by atoms with Gasteiger partial charge in [0.15, 0.2) is 0 Å². The average Bonchev–Trinajstić information content (AvgIpc) is 2.71. The number of hydrogen-bond donors (Lipinski definition) is 0. The summed E-state index contributed by atoms with van der Waals surface area (Å²) < 4.78 is 5.26. The van der Waals surface area contributed by atoms with Crippen LogP contribution in [0.3, 0.4) is 0 Å². The first-order valence-corrected chi connectivity index (χ1v) is 4.16. The fourth-order valence-corrected chi connectivity index (χ4v) is 1.73. The summed E-state index contributed by atoms with van der Waals surface area (Å²) in [6, 6.07) is 0. The molecular formula is C8H15NO. The minimum Gasteiger partial charge on any atom is -0.373 e. The number of ether oxygens (including phenoxy) is 1. The standard InChI is InChI=1S/C8H15NO/c1-9-4-2-7(3-5-9)8-6-10-8/h7-8H,2-6H2,1H3/t8-/m0/s1. The van der Waals surface area contributed by atoms with Gasteiger partial charge in [-0.1, -0.05) is 0 Å². The molecule has 0 N–H and O–H groups in total. The summed E-state index contributed by atoms with van der Waals surface area (Å²) in [5.74, 6) is 0.885. The highest BCUT2D eigenvalue weighted by Crippen LogP contribution is 2.28. The van der Waals surface area contributed by atoms with Gasteiger partial charge in [0.05, 0.1) is 12.7 Å². The van der Waals surface area contributed by atoms with Crippen LogP contribution in [0.2, 0.25) is 0 Å². The van der Waals surface area contributed by atoms with Crippen molar-refractivity contribution in [3.8, 4) is 0 Å². The van der Waals surface area contributed by atoms with Gasteiger partial charge in [-0.2, -0.15) is 0 Å². The Balaban J connectivity index is 1.79. The maximum absolute atomic E-state index is 5.26. The van der Waals surface area contributed by atoms with E-state index < -0.39 is 0 Å². The molecule has 2 heterocycles. The van der Waals surface area contributed by atoms with Gasteiger partial charge in [-0.05, 0) is 38.9 Å². The van der Waals surface area contributed by atoms with Crippen molar-refractivity contribution in [1.82, 2.24) is 4.90 Å². The topological polar surface area (TPSA) is 15.8 Å². The molecule has 0 aliphatic carbocycles. The normalized spacial score (nSPS) is 36.3. The van der Waals surface area contributed by atoms with Crippen LogP contribution in [0.15, 0.2) is 0 Å². The number of likely N-dealkylation sites (tertiary alicyclic amines) is 1. The molecule has 2 fully saturated rings. The zero-order valence-electron chi connectivity index (χ0n) is 6.55. The molecule has 2 heteroatoms. The van der Waals surface area contributed by atoms with E-state index in [1.165, 1.54) is 25.9 Å². The van der Waals surface area contributed by atoms with Crippen LogP contribution in [0.5, 0.6) is 0 Å². The van der Waals surface area contributed by atoms with E-state index in [0.717, 1.165) is 12.5 Å². The van der Waals surface area contributed by atoms with E-state index in [9.17, 15) is 0 Å². The van der Waals surface area contributed by atoms with Gasteiger partial charge in [0.25, 0.3) is 0 Å². The molecule has 2 aliphatic heterocycles. The molecule has 2 aliphatic rings. The van der Waals surface area contributed by atoms with Crippen molar-refractivity contribution in [3.63, 3.8) is 0 Å². The summed E-state index contributed by atoms with van der Waals surface area (Å²) in [6.07, 6.45) is 3.34. The van der Waals surface area contributed by atoms with Gasteiger partial charge in [0.2, 0.25) is 0 Å². The highest BCUT2D eigenvalue weighted by molar-refractivity contribution is 4.83. The van der Waals surface area contributed by atoms with Gasteiger partial charge in [-0.15, -0.1) is 0 Å². The van der Waals surface area contributed by atoms with Gasteiger partial charge < -0.3 is 9.64 Å². The monoisotopic (exact) mass is 141 g/mol. The van der Waals surface area contributed by atoms with E-state index in [1.54, 1.807) is 0 Å². The number of piperidine rings is 1. The fourth-order valence-electron chi connectivity index (χ4n) is 1.73. The summed E-state index contributed by atoms with van der Waals surface area (Å²) in [7, 11) is 2.20. The largest absolute Gasteiger partial charge is 0.373 e. The zero-order chi connectivity index (χ0) is 6.97. The van der Waals surface area contributed by atoms with E-state index in [-0.39, 0.29) is 0 Å². The van der Waals surface area contributed by atoms with Crippen LogP contribution >= 0.6 is 0 Å². The van der Waals surface area contributed by atoms with Crippen LogP contribution < -0.4 is 0 Å². The summed E-state index contributed by atoms with van der Waals surface area (Å²) in [5.41, 5.74) is 0. The summed E-state index contributed by atoms with van der Waals surface area (Å²) in [4.78, 5) is 2.40. The predicted molar refractivity (Wildman–Crippen MR) is 40.0 cm³/mol. The first-order chi connectivity index (χ1) is 4.86. The molecule has 0 aromatic carbocycles. The van der Waals surface area contributed by atoms with Gasteiger partial charge in [-0.3, -0.25) is 0 Å². The quantitative estimate of drug-likeness (QED) is 0.500. The minimum absolute atomic E-state index is 0.647. The first kappa shape index (κ1) is 6.62. The lowest BCUT2D eigenvalue weighted by molar-refractivity contribution is 0.188. The van der Waals surface area contributed by atoms with E-state index in [0.29, 0.717) is 6.10 Å².